The van der Waals surface area contributed by atoms with Crippen molar-refractivity contribution in [2.75, 3.05) is 0 Å². The minimum Gasteiger partial charge on any atom is -0.322 e. The Bertz CT molecular complexity index is 467. The molecule has 78 valence electrons. The van der Waals surface area contributed by atoms with Gasteiger partial charge in [0.15, 0.2) is 0 Å². The lowest BCUT2D eigenvalue weighted by atomic mass is 10.2. The van der Waals surface area contributed by atoms with Gasteiger partial charge in [0, 0.05) is 5.56 Å². The number of halogens is 1. The first-order valence-corrected chi connectivity index (χ1v) is 5.33. The monoisotopic (exact) mass is 223 g/mol. The molecule has 2 N–H and O–H groups in total. The lowest BCUT2D eigenvalue weighted by Crippen LogP contribution is -2.03. The van der Waals surface area contributed by atoms with Crippen LogP contribution in [0.15, 0.2) is 24.3 Å². The highest BCUT2D eigenvalue weighted by Gasteiger charge is 2.09. The molecule has 1 unspecified atom stereocenters. The van der Waals surface area contributed by atoms with Crippen LogP contribution < -0.4 is 5.73 Å². The highest BCUT2D eigenvalue weighted by molar-refractivity contribution is 7.14. The molecule has 1 heterocycles. The van der Waals surface area contributed by atoms with E-state index in [0.717, 1.165) is 10.6 Å². The fourth-order valence-corrected chi connectivity index (χ4v) is 1.95. The van der Waals surface area contributed by atoms with Crippen molar-refractivity contribution in [3.63, 3.8) is 0 Å². The van der Waals surface area contributed by atoms with Crippen molar-refractivity contribution in [3.8, 4) is 10.6 Å². The third kappa shape index (κ3) is 2.19. The summed E-state index contributed by atoms with van der Waals surface area (Å²) in [5, 5.41) is 9.37. The summed E-state index contributed by atoms with van der Waals surface area (Å²) < 4.78 is 12.9. The van der Waals surface area contributed by atoms with Gasteiger partial charge in [0.05, 0.1) is 6.04 Å². The molecule has 0 aliphatic carbocycles. The van der Waals surface area contributed by atoms with Crippen molar-refractivity contribution in [2.45, 2.75) is 13.0 Å². The molecule has 0 saturated heterocycles. The summed E-state index contributed by atoms with van der Waals surface area (Å²) in [7, 11) is 0. The zero-order chi connectivity index (χ0) is 10.8. The van der Waals surface area contributed by atoms with Gasteiger partial charge >= 0.3 is 0 Å². The highest BCUT2D eigenvalue weighted by atomic mass is 32.1. The molecule has 0 bridgehead atoms. The normalized spacial score (nSPS) is 12.7. The van der Waals surface area contributed by atoms with E-state index in [2.05, 4.69) is 10.2 Å². The topological polar surface area (TPSA) is 51.8 Å². The number of aromatic nitrogens is 2. The van der Waals surface area contributed by atoms with Gasteiger partial charge in [0.2, 0.25) is 0 Å². The van der Waals surface area contributed by atoms with E-state index >= 15 is 0 Å². The van der Waals surface area contributed by atoms with Crippen LogP contribution in [0.4, 0.5) is 4.39 Å². The minimum absolute atomic E-state index is 0.134. The maximum atomic E-state index is 12.9. The van der Waals surface area contributed by atoms with Gasteiger partial charge < -0.3 is 5.73 Å². The van der Waals surface area contributed by atoms with Crippen LogP contribution in [0.3, 0.4) is 0 Å². The van der Waals surface area contributed by atoms with Crippen molar-refractivity contribution >= 4 is 11.3 Å². The maximum Gasteiger partial charge on any atom is 0.147 e. The molecule has 15 heavy (non-hydrogen) atoms. The predicted molar refractivity (Wildman–Crippen MR) is 57.9 cm³/mol. The van der Waals surface area contributed by atoms with Crippen LogP contribution in [-0.2, 0) is 0 Å². The lowest BCUT2D eigenvalue weighted by molar-refractivity contribution is 0.628. The van der Waals surface area contributed by atoms with E-state index in [-0.39, 0.29) is 11.9 Å². The molecule has 0 amide bonds. The predicted octanol–water partition coefficient (Wildman–Crippen LogP) is 2.36. The quantitative estimate of drug-likeness (QED) is 0.850. The number of hydrogen-bond donors (Lipinski definition) is 1. The molecule has 2 rings (SSSR count). The highest BCUT2D eigenvalue weighted by Crippen LogP contribution is 2.25. The van der Waals surface area contributed by atoms with E-state index in [1.54, 1.807) is 12.1 Å². The molecule has 0 fully saturated rings. The smallest absolute Gasteiger partial charge is 0.147 e. The summed E-state index contributed by atoms with van der Waals surface area (Å²) in [6.07, 6.45) is 0. The summed E-state index contributed by atoms with van der Waals surface area (Å²) in [4.78, 5) is 0. The molecule has 0 radical (unpaired) electrons. The lowest BCUT2D eigenvalue weighted by Gasteiger charge is -1.95. The number of hydrogen-bond acceptors (Lipinski definition) is 4. The summed E-state index contributed by atoms with van der Waals surface area (Å²) in [6.45, 7) is 1.84. The van der Waals surface area contributed by atoms with Gasteiger partial charge in [-0.3, -0.25) is 0 Å². The first kappa shape index (κ1) is 10.2. The first-order valence-electron chi connectivity index (χ1n) is 4.52. The first-order chi connectivity index (χ1) is 7.16. The SMILES string of the molecule is CC(N)c1nnc(-c2cccc(F)c2)s1. The van der Waals surface area contributed by atoms with Crippen molar-refractivity contribution in [3.05, 3.63) is 35.1 Å². The van der Waals surface area contributed by atoms with Crippen LogP contribution in [0.1, 0.15) is 18.0 Å². The minimum atomic E-state index is -0.273. The van der Waals surface area contributed by atoms with E-state index < -0.39 is 0 Å². The number of nitrogens with two attached hydrogens (primary N) is 1. The second-order valence-corrected chi connectivity index (χ2v) is 4.25. The second kappa shape index (κ2) is 4.04. The van der Waals surface area contributed by atoms with Gasteiger partial charge in [-0.15, -0.1) is 10.2 Å². The van der Waals surface area contributed by atoms with Crippen molar-refractivity contribution in [1.82, 2.24) is 10.2 Å². The third-order valence-electron chi connectivity index (χ3n) is 1.90. The molecular formula is C10H10FN3S. The standard InChI is InChI=1S/C10H10FN3S/c1-6(12)9-13-14-10(15-9)7-3-2-4-8(11)5-7/h2-6H,12H2,1H3. The zero-order valence-electron chi connectivity index (χ0n) is 8.14. The van der Waals surface area contributed by atoms with Crippen LogP contribution >= 0.6 is 11.3 Å². The molecule has 1 atom stereocenters. The Morgan fingerprint density at radius 2 is 2.20 bits per heavy atom. The molecule has 2 aromatic rings. The third-order valence-corrected chi connectivity index (χ3v) is 3.07. The molecule has 1 aromatic heterocycles. The van der Waals surface area contributed by atoms with E-state index in [9.17, 15) is 4.39 Å². The summed E-state index contributed by atoms with van der Waals surface area (Å²) in [6, 6.07) is 6.15. The second-order valence-electron chi connectivity index (χ2n) is 3.24. The summed E-state index contributed by atoms with van der Waals surface area (Å²) in [5.74, 6) is -0.273. The molecule has 0 aliphatic heterocycles. The van der Waals surface area contributed by atoms with Crippen molar-refractivity contribution < 1.29 is 4.39 Å². The van der Waals surface area contributed by atoms with Gasteiger partial charge in [-0.1, -0.05) is 23.5 Å². The Morgan fingerprint density at radius 3 is 2.80 bits per heavy atom. The van der Waals surface area contributed by atoms with E-state index in [0.29, 0.717) is 5.01 Å². The molecule has 1 aromatic carbocycles. The van der Waals surface area contributed by atoms with Crippen LogP contribution in [-0.4, -0.2) is 10.2 Å². The Labute approximate surface area is 90.8 Å². The van der Waals surface area contributed by atoms with E-state index in [1.807, 2.05) is 6.92 Å². The van der Waals surface area contributed by atoms with Crippen LogP contribution in [0.25, 0.3) is 10.6 Å². The molecule has 3 nitrogen and oxygen atoms in total. The largest absolute Gasteiger partial charge is 0.322 e. The van der Waals surface area contributed by atoms with Crippen LogP contribution in [0.5, 0.6) is 0 Å². The fourth-order valence-electron chi connectivity index (χ4n) is 1.16. The molecular weight excluding hydrogens is 213 g/mol. The number of nitrogens with zero attached hydrogens (tertiary/aromatic N) is 2. The summed E-state index contributed by atoms with van der Waals surface area (Å²) in [5.41, 5.74) is 6.40. The Kier molecular flexibility index (Phi) is 2.75. The Morgan fingerprint density at radius 1 is 1.40 bits per heavy atom. The van der Waals surface area contributed by atoms with Gasteiger partial charge in [-0.05, 0) is 19.1 Å². The molecule has 0 spiro atoms. The Hall–Kier alpha value is -1.33. The van der Waals surface area contributed by atoms with Crippen LogP contribution in [0.2, 0.25) is 0 Å². The average Bonchev–Trinajstić information content (AvgIpc) is 2.66. The average molecular weight is 223 g/mol. The molecule has 5 heteroatoms. The maximum absolute atomic E-state index is 12.9. The summed E-state index contributed by atoms with van der Waals surface area (Å²) >= 11 is 1.39. The van der Waals surface area contributed by atoms with Crippen LogP contribution in [0, 0.1) is 5.82 Å². The van der Waals surface area contributed by atoms with Crippen molar-refractivity contribution in [2.24, 2.45) is 5.73 Å². The zero-order valence-corrected chi connectivity index (χ0v) is 8.96. The molecule has 0 aliphatic rings. The van der Waals surface area contributed by atoms with Gasteiger partial charge in [-0.2, -0.15) is 0 Å². The van der Waals surface area contributed by atoms with Crippen molar-refractivity contribution in [1.29, 1.82) is 0 Å². The Balaban J connectivity index is 2.37. The number of benzene rings is 1. The van der Waals surface area contributed by atoms with Gasteiger partial charge in [0.25, 0.3) is 0 Å². The fraction of sp³-hybridized carbons (Fsp3) is 0.200. The van der Waals surface area contributed by atoms with E-state index in [4.69, 9.17) is 5.73 Å². The molecule has 0 saturated carbocycles. The van der Waals surface area contributed by atoms with Gasteiger partial charge in [-0.25, -0.2) is 4.39 Å². The van der Waals surface area contributed by atoms with E-state index in [1.165, 1.54) is 23.5 Å². The number of rotatable bonds is 2. The van der Waals surface area contributed by atoms with Gasteiger partial charge in [0.1, 0.15) is 15.8 Å².